The standard InChI is InChI=1S/C15H13FO2S/c1-2-10-3-5-11(6-4-10)15(17)18-12-7-8-14(19)13(16)9-12/h3-9,19H,2H2,1H3. The molecule has 2 rings (SSSR count). The van der Waals surface area contributed by atoms with E-state index in [-0.39, 0.29) is 10.6 Å². The van der Waals surface area contributed by atoms with Crippen molar-refractivity contribution >= 4 is 18.6 Å². The Morgan fingerprint density at radius 1 is 1.21 bits per heavy atom. The van der Waals surface area contributed by atoms with Gasteiger partial charge in [0.15, 0.2) is 0 Å². The van der Waals surface area contributed by atoms with Gasteiger partial charge in [0.25, 0.3) is 0 Å². The molecule has 0 unspecified atom stereocenters. The van der Waals surface area contributed by atoms with Crippen molar-refractivity contribution in [2.75, 3.05) is 0 Å². The molecule has 0 amide bonds. The molecular formula is C15H13FO2S. The van der Waals surface area contributed by atoms with Crippen molar-refractivity contribution in [3.8, 4) is 5.75 Å². The SMILES string of the molecule is CCc1ccc(C(=O)Oc2ccc(S)c(F)c2)cc1. The predicted molar refractivity (Wildman–Crippen MR) is 74.4 cm³/mol. The maximum Gasteiger partial charge on any atom is 0.343 e. The lowest BCUT2D eigenvalue weighted by atomic mass is 10.1. The number of carbonyl (C=O) groups excluding carboxylic acids is 1. The zero-order valence-corrected chi connectivity index (χ0v) is 11.3. The first-order valence-corrected chi connectivity index (χ1v) is 6.34. The van der Waals surface area contributed by atoms with E-state index >= 15 is 0 Å². The minimum absolute atomic E-state index is 0.167. The highest BCUT2D eigenvalue weighted by Gasteiger charge is 2.09. The number of rotatable bonds is 3. The van der Waals surface area contributed by atoms with Gasteiger partial charge >= 0.3 is 5.97 Å². The first-order chi connectivity index (χ1) is 9.10. The lowest BCUT2D eigenvalue weighted by molar-refractivity contribution is 0.0734. The van der Waals surface area contributed by atoms with Crippen molar-refractivity contribution in [2.24, 2.45) is 0 Å². The average Bonchev–Trinajstić information content (AvgIpc) is 2.43. The fourth-order valence-corrected chi connectivity index (χ4v) is 1.73. The summed E-state index contributed by atoms with van der Waals surface area (Å²) in [7, 11) is 0. The molecule has 2 nitrogen and oxygen atoms in total. The Morgan fingerprint density at radius 3 is 2.47 bits per heavy atom. The van der Waals surface area contributed by atoms with Crippen LogP contribution in [-0.2, 0) is 6.42 Å². The fourth-order valence-electron chi connectivity index (χ4n) is 1.59. The summed E-state index contributed by atoms with van der Waals surface area (Å²) in [4.78, 5) is 12.1. The highest BCUT2D eigenvalue weighted by Crippen LogP contribution is 2.20. The molecule has 98 valence electrons. The van der Waals surface area contributed by atoms with Crippen LogP contribution in [-0.4, -0.2) is 5.97 Å². The predicted octanol–water partition coefficient (Wildman–Crippen LogP) is 3.90. The minimum atomic E-state index is -0.519. The lowest BCUT2D eigenvalue weighted by Gasteiger charge is -2.05. The highest BCUT2D eigenvalue weighted by molar-refractivity contribution is 7.80. The van der Waals surface area contributed by atoms with E-state index in [2.05, 4.69) is 12.6 Å². The van der Waals surface area contributed by atoms with Crippen LogP contribution in [0.15, 0.2) is 47.4 Å². The second-order valence-corrected chi connectivity index (χ2v) is 4.54. The van der Waals surface area contributed by atoms with Gasteiger partial charge in [0.1, 0.15) is 11.6 Å². The van der Waals surface area contributed by atoms with Gasteiger partial charge in [-0.25, -0.2) is 9.18 Å². The summed E-state index contributed by atoms with van der Waals surface area (Å²) < 4.78 is 18.4. The molecule has 0 heterocycles. The van der Waals surface area contributed by atoms with Crippen LogP contribution in [0.1, 0.15) is 22.8 Å². The number of esters is 1. The summed E-state index contributed by atoms with van der Waals surface area (Å²) in [5.41, 5.74) is 1.58. The first-order valence-electron chi connectivity index (χ1n) is 5.90. The van der Waals surface area contributed by atoms with Crippen LogP contribution in [0.2, 0.25) is 0 Å². The number of hydrogen-bond acceptors (Lipinski definition) is 3. The second kappa shape index (κ2) is 5.89. The summed E-state index contributed by atoms with van der Waals surface area (Å²) >= 11 is 3.91. The Morgan fingerprint density at radius 2 is 1.89 bits per heavy atom. The van der Waals surface area contributed by atoms with E-state index in [0.717, 1.165) is 18.1 Å². The molecule has 0 atom stereocenters. The Hall–Kier alpha value is -1.81. The van der Waals surface area contributed by atoms with Crippen LogP contribution in [0.5, 0.6) is 5.75 Å². The summed E-state index contributed by atoms with van der Waals surface area (Å²) in [5, 5.41) is 0. The van der Waals surface area contributed by atoms with Gasteiger partial charge in [0.05, 0.1) is 5.56 Å². The van der Waals surface area contributed by atoms with Crippen molar-refractivity contribution in [3.05, 3.63) is 59.4 Å². The van der Waals surface area contributed by atoms with Crippen molar-refractivity contribution < 1.29 is 13.9 Å². The number of hydrogen-bond donors (Lipinski definition) is 1. The highest BCUT2D eigenvalue weighted by atomic mass is 32.1. The molecule has 2 aromatic rings. The molecule has 0 aliphatic heterocycles. The van der Waals surface area contributed by atoms with Crippen molar-refractivity contribution in [1.82, 2.24) is 0 Å². The topological polar surface area (TPSA) is 26.3 Å². The Labute approximate surface area is 116 Å². The number of carbonyl (C=O) groups is 1. The summed E-state index contributed by atoms with van der Waals surface area (Å²) in [5.74, 6) is -0.858. The van der Waals surface area contributed by atoms with Gasteiger partial charge in [0.2, 0.25) is 0 Å². The third-order valence-electron chi connectivity index (χ3n) is 2.73. The zero-order valence-electron chi connectivity index (χ0n) is 10.4. The minimum Gasteiger partial charge on any atom is -0.423 e. The molecule has 0 aliphatic carbocycles. The first kappa shape index (κ1) is 13.6. The van der Waals surface area contributed by atoms with E-state index in [9.17, 15) is 9.18 Å². The maximum atomic E-state index is 13.3. The van der Waals surface area contributed by atoms with Crippen molar-refractivity contribution in [3.63, 3.8) is 0 Å². The molecule has 0 saturated heterocycles. The number of benzene rings is 2. The van der Waals surface area contributed by atoms with Gasteiger partial charge in [-0.15, -0.1) is 12.6 Å². The zero-order chi connectivity index (χ0) is 13.8. The van der Waals surface area contributed by atoms with Crippen molar-refractivity contribution in [1.29, 1.82) is 0 Å². The van der Waals surface area contributed by atoms with E-state index in [0.29, 0.717) is 5.56 Å². The Bertz CT molecular complexity index is 594. The number of halogens is 1. The Balaban J connectivity index is 2.13. The smallest absolute Gasteiger partial charge is 0.343 e. The molecule has 0 aromatic heterocycles. The van der Waals surface area contributed by atoms with Gasteiger partial charge in [0, 0.05) is 11.0 Å². The third kappa shape index (κ3) is 3.35. The molecule has 0 spiro atoms. The van der Waals surface area contributed by atoms with E-state index in [1.807, 2.05) is 19.1 Å². The van der Waals surface area contributed by atoms with Gasteiger partial charge in [-0.3, -0.25) is 0 Å². The molecule has 2 aromatic carbocycles. The Kier molecular flexibility index (Phi) is 4.22. The molecule has 0 bridgehead atoms. The van der Waals surface area contributed by atoms with Crippen LogP contribution < -0.4 is 4.74 Å². The van der Waals surface area contributed by atoms with Crippen LogP contribution in [0.25, 0.3) is 0 Å². The number of aryl methyl sites for hydroxylation is 1. The maximum absolute atomic E-state index is 13.3. The van der Waals surface area contributed by atoms with Gasteiger partial charge in [-0.1, -0.05) is 19.1 Å². The normalized spacial score (nSPS) is 10.3. The summed E-state index contributed by atoms with van der Waals surface area (Å²) in [6.45, 7) is 2.04. The lowest BCUT2D eigenvalue weighted by Crippen LogP contribution is -2.08. The monoisotopic (exact) mass is 276 g/mol. The molecule has 0 aliphatic rings. The van der Waals surface area contributed by atoms with Crippen LogP contribution in [0.4, 0.5) is 4.39 Å². The van der Waals surface area contributed by atoms with E-state index in [1.54, 1.807) is 12.1 Å². The van der Waals surface area contributed by atoms with Crippen LogP contribution in [0, 0.1) is 5.82 Å². The molecule has 0 fully saturated rings. The quantitative estimate of drug-likeness (QED) is 0.523. The van der Waals surface area contributed by atoms with Crippen LogP contribution in [0.3, 0.4) is 0 Å². The third-order valence-corrected chi connectivity index (χ3v) is 3.09. The van der Waals surface area contributed by atoms with Crippen molar-refractivity contribution in [2.45, 2.75) is 18.2 Å². The molecule has 0 radical (unpaired) electrons. The van der Waals surface area contributed by atoms with Gasteiger partial charge < -0.3 is 4.74 Å². The van der Waals surface area contributed by atoms with E-state index in [4.69, 9.17) is 4.74 Å². The molecule has 4 heteroatoms. The fraction of sp³-hybridized carbons (Fsp3) is 0.133. The molecular weight excluding hydrogens is 263 g/mol. The largest absolute Gasteiger partial charge is 0.423 e. The van der Waals surface area contributed by atoms with E-state index < -0.39 is 11.8 Å². The molecule has 0 saturated carbocycles. The summed E-state index contributed by atoms with van der Waals surface area (Å²) in [6.07, 6.45) is 0.907. The van der Waals surface area contributed by atoms with Crippen LogP contribution >= 0.6 is 12.6 Å². The van der Waals surface area contributed by atoms with Gasteiger partial charge in [-0.05, 0) is 36.2 Å². The average molecular weight is 276 g/mol. The summed E-state index contributed by atoms with van der Waals surface area (Å²) in [6, 6.07) is 11.2. The van der Waals surface area contributed by atoms with E-state index in [1.165, 1.54) is 12.1 Å². The number of ether oxygens (including phenoxy) is 1. The van der Waals surface area contributed by atoms with Gasteiger partial charge in [-0.2, -0.15) is 0 Å². The second-order valence-electron chi connectivity index (χ2n) is 4.05. The molecule has 0 N–H and O–H groups in total. The number of thiol groups is 1. The molecule has 19 heavy (non-hydrogen) atoms.